The normalized spacial score (nSPS) is 32.6. The van der Waals surface area contributed by atoms with Gasteiger partial charge < -0.3 is 20.3 Å². The van der Waals surface area contributed by atoms with Gasteiger partial charge in [0.05, 0.1) is 12.1 Å². The third-order valence-corrected chi connectivity index (χ3v) is 3.21. The minimum atomic E-state index is 0.0650. The number of nitrogens with one attached hydrogen (secondary N) is 2. The maximum Gasteiger partial charge on any atom is 0.317 e. The summed E-state index contributed by atoms with van der Waals surface area (Å²) in [6.45, 7) is 3.47. The van der Waals surface area contributed by atoms with Gasteiger partial charge in [0.1, 0.15) is 0 Å². The van der Waals surface area contributed by atoms with E-state index in [9.17, 15) is 4.79 Å². The highest BCUT2D eigenvalue weighted by atomic mass is 16.5. The monoisotopic (exact) mass is 213 g/mol. The fraction of sp³-hybridized carbons (Fsp3) is 0.900. The van der Waals surface area contributed by atoms with Crippen LogP contribution >= 0.6 is 0 Å². The summed E-state index contributed by atoms with van der Waals surface area (Å²) >= 11 is 0. The lowest BCUT2D eigenvalue weighted by Crippen LogP contribution is -2.59. The van der Waals surface area contributed by atoms with Crippen molar-refractivity contribution in [1.29, 1.82) is 0 Å². The van der Waals surface area contributed by atoms with Crippen LogP contribution in [0.15, 0.2) is 0 Å². The zero-order chi connectivity index (χ0) is 10.7. The van der Waals surface area contributed by atoms with Crippen molar-refractivity contribution in [3.63, 3.8) is 0 Å². The molecule has 15 heavy (non-hydrogen) atoms. The molecule has 2 unspecified atom stereocenters. The average molecular weight is 213 g/mol. The molecule has 2 rings (SSSR count). The van der Waals surface area contributed by atoms with Crippen LogP contribution in [0.2, 0.25) is 0 Å². The van der Waals surface area contributed by atoms with E-state index >= 15 is 0 Å². The van der Waals surface area contributed by atoms with Gasteiger partial charge in [0.2, 0.25) is 0 Å². The molecule has 0 aromatic heterocycles. The maximum absolute atomic E-state index is 11.7. The highest BCUT2D eigenvalue weighted by Gasteiger charge is 2.33. The first-order valence-electron chi connectivity index (χ1n) is 5.61. The Morgan fingerprint density at radius 3 is 3.07 bits per heavy atom. The molecule has 0 bridgehead atoms. The number of hydrogen-bond acceptors (Lipinski definition) is 3. The van der Waals surface area contributed by atoms with Crippen molar-refractivity contribution in [1.82, 2.24) is 15.5 Å². The number of methoxy groups -OCH3 is 1. The molecule has 2 fully saturated rings. The molecule has 86 valence electrons. The summed E-state index contributed by atoms with van der Waals surface area (Å²) in [6, 6.07) is 0.298. The van der Waals surface area contributed by atoms with E-state index in [4.69, 9.17) is 4.74 Å². The van der Waals surface area contributed by atoms with Crippen molar-refractivity contribution >= 4 is 6.03 Å². The zero-order valence-electron chi connectivity index (χ0n) is 9.16. The Labute approximate surface area is 90.1 Å². The maximum atomic E-state index is 11.7. The first-order valence-corrected chi connectivity index (χ1v) is 5.61. The first kappa shape index (κ1) is 10.7. The van der Waals surface area contributed by atoms with Crippen molar-refractivity contribution < 1.29 is 9.53 Å². The van der Waals surface area contributed by atoms with Crippen LogP contribution in [0.3, 0.4) is 0 Å². The molecule has 2 heterocycles. The van der Waals surface area contributed by atoms with Crippen LogP contribution in [-0.4, -0.2) is 56.4 Å². The number of carbonyl (C=O) groups excluding carboxylic acids is 1. The summed E-state index contributed by atoms with van der Waals surface area (Å²) < 4.78 is 5.42. The smallest absolute Gasteiger partial charge is 0.317 e. The largest absolute Gasteiger partial charge is 0.378 e. The molecule has 2 aliphatic heterocycles. The van der Waals surface area contributed by atoms with Gasteiger partial charge in [-0.05, 0) is 19.4 Å². The van der Waals surface area contributed by atoms with Crippen molar-refractivity contribution in [2.24, 2.45) is 0 Å². The topological polar surface area (TPSA) is 53.6 Å². The molecule has 0 spiro atoms. The van der Waals surface area contributed by atoms with Crippen LogP contribution in [0.25, 0.3) is 0 Å². The lowest BCUT2D eigenvalue weighted by molar-refractivity contribution is 0.00861. The third-order valence-electron chi connectivity index (χ3n) is 3.21. The van der Waals surface area contributed by atoms with Crippen molar-refractivity contribution in [3.05, 3.63) is 0 Å². The summed E-state index contributed by atoms with van der Waals surface area (Å²) in [5.41, 5.74) is 0. The summed E-state index contributed by atoms with van der Waals surface area (Å²) in [6.07, 6.45) is 2.14. The van der Waals surface area contributed by atoms with E-state index in [1.165, 1.54) is 0 Å². The second-order valence-electron chi connectivity index (χ2n) is 4.11. The summed E-state index contributed by atoms with van der Waals surface area (Å²) in [4.78, 5) is 13.6. The van der Waals surface area contributed by atoms with Crippen molar-refractivity contribution in [3.8, 4) is 0 Å². The number of nitrogens with zero attached hydrogens (tertiary/aromatic N) is 1. The Morgan fingerprint density at radius 1 is 1.47 bits per heavy atom. The highest BCUT2D eigenvalue weighted by molar-refractivity contribution is 5.75. The Hall–Kier alpha value is -0.810. The molecular weight excluding hydrogens is 194 g/mol. The molecule has 0 aliphatic carbocycles. The number of carbonyl (C=O) groups is 1. The van der Waals surface area contributed by atoms with E-state index in [0.717, 1.165) is 39.0 Å². The Kier molecular flexibility index (Phi) is 3.43. The molecule has 5 heteroatoms. The zero-order valence-corrected chi connectivity index (χ0v) is 9.16. The molecule has 2 N–H and O–H groups in total. The number of amides is 2. The molecule has 0 saturated carbocycles. The molecule has 2 aliphatic rings. The molecule has 2 atom stereocenters. The Bertz CT molecular complexity index is 235. The predicted octanol–water partition coefficient (Wildman–Crippen LogP) is -0.221. The summed E-state index contributed by atoms with van der Waals surface area (Å²) in [5, 5.41) is 6.17. The van der Waals surface area contributed by atoms with Gasteiger partial charge in [-0.3, -0.25) is 0 Å². The van der Waals surface area contributed by atoms with Gasteiger partial charge in [0.15, 0.2) is 0 Å². The quantitative estimate of drug-likeness (QED) is 0.666. The minimum absolute atomic E-state index is 0.0650. The number of piperidine rings is 1. The third kappa shape index (κ3) is 2.23. The van der Waals surface area contributed by atoms with Crippen LogP contribution in [0.1, 0.15) is 12.8 Å². The van der Waals surface area contributed by atoms with E-state index < -0.39 is 0 Å². The second-order valence-corrected chi connectivity index (χ2v) is 4.11. The molecular formula is C10H19N3O2. The standard InChI is InChI=1S/C10H19N3O2/c1-15-9-7-11-5-3-8(9)13-6-2-4-12-10(13)14/h8-9,11H,2-7H2,1H3,(H,12,14). The second kappa shape index (κ2) is 4.81. The molecule has 0 aromatic carbocycles. The minimum Gasteiger partial charge on any atom is -0.378 e. The first-order chi connectivity index (χ1) is 7.33. The van der Waals surface area contributed by atoms with E-state index in [2.05, 4.69) is 10.6 Å². The van der Waals surface area contributed by atoms with E-state index in [-0.39, 0.29) is 18.2 Å². The van der Waals surface area contributed by atoms with Gasteiger partial charge in [-0.2, -0.15) is 0 Å². The lowest BCUT2D eigenvalue weighted by atomic mass is 10.0. The van der Waals surface area contributed by atoms with Gasteiger partial charge in [-0.25, -0.2) is 4.79 Å². The fourth-order valence-electron chi connectivity index (χ4n) is 2.38. The number of ether oxygens (including phenoxy) is 1. The van der Waals surface area contributed by atoms with E-state index in [0.29, 0.717) is 0 Å². The van der Waals surface area contributed by atoms with Crippen molar-refractivity contribution in [2.75, 3.05) is 33.3 Å². The van der Waals surface area contributed by atoms with Crippen LogP contribution < -0.4 is 10.6 Å². The van der Waals surface area contributed by atoms with E-state index in [1.54, 1.807) is 7.11 Å². The highest BCUT2D eigenvalue weighted by Crippen LogP contribution is 2.17. The molecule has 0 radical (unpaired) electrons. The number of hydrogen-bond donors (Lipinski definition) is 2. The van der Waals surface area contributed by atoms with Gasteiger partial charge in [0, 0.05) is 26.7 Å². The van der Waals surface area contributed by atoms with Gasteiger partial charge in [0.25, 0.3) is 0 Å². The molecule has 0 aromatic rings. The number of urea groups is 1. The van der Waals surface area contributed by atoms with Crippen LogP contribution in [0.5, 0.6) is 0 Å². The Morgan fingerprint density at radius 2 is 2.33 bits per heavy atom. The predicted molar refractivity (Wildman–Crippen MR) is 56.8 cm³/mol. The van der Waals surface area contributed by atoms with Crippen LogP contribution in [0, 0.1) is 0 Å². The average Bonchev–Trinajstić information content (AvgIpc) is 2.30. The van der Waals surface area contributed by atoms with Crippen molar-refractivity contribution in [2.45, 2.75) is 25.0 Å². The lowest BCUT2D eigenvalue weighted by Gasteiger charge is -2.41. The van der Waals surface area contributed by atoms with Crippen LogP contribution in [0.4, 0.5) is 4.79 Å². The molecule has 5 nitrogen and oxygen atoms in total. The Balaban J connectivity index is 2.02. The summed E-state index contributed by atoms with van der Waals surface area (Å²) in [7, 11) is 1.71. The fourth-order valence-corrected chi connectivity index (χ4v) is 2.38. The summed E-state index contributed by atoms with van der Waals surface area (Å²) in [5.74, 6) is 0. The van der Waals surface area contributed by atoms with Gasteiger partial charge in [-0.15, -0.1) is 0 Å². The van der Waals surface area contributed by atoms with Gasteiger partial charge >= 0.3 is 6.03 Å². The van der Waals surface area contributed by atoms with Crippen LogP contribution in [-0.2, 0) is 4.74 Å². The SMILES string of the molecule is COC1CNCCC1N1CCCNC1=O. The van der Waals surface area contributed by atoms with Gasteiger partial charge in [-0.1, -0.05) is 0 Å². The molecule has 2 amide bonds. The molecule has 2 saturated heterocycles. The number of rotatable bonds is 2. The van der Waals surface area contributed by atoms with E-state index in [1.807, 2.05) is 4.90 Å².